The Bertz CT molecular complexity index is 152. The summed E-state index contributed by atoms with van der Waals surface area (Å²) in [5, 5.41) is 0. The van der Waals surface area contributed by atoms with Crippen molar-refractivity contribution >= 4 is 0 Å². The molecule has 0 fully saturated rings. The van der Waals surface area contributed by atoms with Crippen LogP contribution in [0.15, 0.2) is 0 Å². The fourth-order valence-electron chi connectivity index (χ4n) is 1.75. The molecule has 0 atom stereocenters. The standard InChI is InChI=1S/C13H29NO3/c1-4-13(5-2,12-14)6-7-16-10-11-17-9-8-15-3/h4-12,14H2,1-3H3. The second-order valence-electron chi connectivity index (χ2n) is 4.38. The van der Waals surface area contributed by atoms with E-state index in [2.05, 4.69) is 13.8 Å². The molecule has 4 nitrogen and oxygen atoms in total. The minimum Gasteiger partial charge on any atom is -0.382 e. The summed E-state index contributed by atoms with van der Waals surface area (Å²) < 4.78 is 15.7. The van der Waals surface area contributed by atoms with E-state index in [1.54, 1.807) is 7.11 Å². The lowest BCUT2D eigenvalue weighted by atomic mass is 9.80. The van der Waals surface area contributed by atoms with Gasteiger partial charge in [0.2, 0.25) is 0 Å². The first-order valence-electron chi connectivity index (χ1n) is 6.59. The van der Waals surface area contributed by atoms with E-state index in [0.717, 1.165) is 32.4 Å². The second-order valence-corrected chi connectivity index (χ2v) is 4.38. The summed E-state index contributed by atoms with van der Waals surface area (Å²) >= 11 is 0. The highest BCUT2D eigenvalue weighted by atomic mass is 16.5. The molecule has 0 saturated carbocycles. The van der Waals surface area contributed by atoms with Crippen LogP contribution >= 0.6 is 0 Å². The van der Waals surface area contributed by atoms with E-state index in [-0.39, 0.29) is 5.41 Å². The van der Waals surface area contributed by atoms with E-state index in [1.807, 2.05) is 0 Å². The van der Waals surface area contributed by atoms with Gasteiger partial charge in [0.15, 0.2) is 0 Å². The number of ether oxygens (including phenoxy) is 3. The molecule has 4 heteroatoms. The maximum atomic E-state index is 5.83. The molecule has 2 N–H and O–H groups in total. The molecular formula is C13H29NO3. The SMILES string of the molecule is CCC(CC)(CN)CCOCCOCCOC. The molecule has 0 spiro atoms. The fraction of sp³-hybridized carbons (Fsp3) is 1.00. The van der Waals surface area contributed by atoms with Gasteiger partial charge < -0.3 is 19.9 Å². The Morgan fingerprint density at radius 1 is 0.882 bits per heavy atom. The Morgan fingerprint density at radius 2 is 1.41 bits per heavy atom. The number of hydrogen-bond acceptors (Lipinski definition) is 4. The zero-order valence-corrected chi connectivity index (χ0v) is 11.7. The third-order valence-electron chi connectivity index (χ3n) is 3.51. The first-order valence-corrected chi connectivity index (χ1v) is 6.59. The van der Waals surface area contributed by atoms with Crippen molar-refractivity contribution < 1.29 is 14.2 Å². The van der Waals surface area contributed by atoms with Crippen molar-refractivity contribution in [3.05, 3.63) is 0 Å². The minimum absolute atomic E-state index is 0.261. The van der Waals surface area contributed by atoms with Gasteiger partial charge in [0.1, 0.15) is 0 Å². The Kier molecular flexibility index (Phi) is 10.9. The molecule has 0 aromatic heterocycles. The Labute approximate surface area is 106 Å². The quantitative estimate of drug-likeness (QED) is 0.534. The zero-order valence-electron chi connectivity index (χ0n) is 11.7. The molecular weight excluding hydrogens is 218 g/mol. The molecule has 0 aliphatic rings. The number of nitrogens with two attached hydrogens (primary N) is 1. The lowest BCUT2D eigenvalue weighted by Crippen LogP contribution is -2.30. The minimum atomic E-state index is 0.261. The molecule has 0 unspecified atom stereocenters. The summed E-state index contributed by atoms with van der Waals surface area (Å²) in [7, 11) is 1.67. The van der Waals surface area contributed by atoms with Crippen LogP contribution in [0.1, 0.15) is 33.1 Å². The van der Waals surface area contributed by atoms with Crippen molar-refractivity contribution in [1.29, 1.82) is 0 Å². The zero-order chi connectivity index (χ0) is 13.0. The van der Waals surface area contributed by atoms with Crippen LogP contribution < -0.4 is 5.73 Å². The number of hydrogen-bond donors (Lipinski definition) is 1. The van der Waals surface area contributed by atoms with Crippen LogP contribution in [0.2, 0.25) is 0 Å². The van der Waals surface area contributed by atoms with Crippen LogP contribution in [-0.2, 0) is 14.2 Å². The van der Waals surface area contributed by atoms with Gasteiger partial charge in [-0.25, -0.2) is 0 Å². The Hall–Kier alpha value is -0.160. The number of methoxy groups -OCH3 is 1. The third-order valence-corrected chi connectivity index (χ3v) is 3.51. The molecule has 0 aromatic rings. The largest absolute Gasteiger partial charge is 0.382 e. The summed E-state index contributed by atoms with van der Waals surface area (Å²) in [6.45, 7) is 8.47. The van der Waals surface area contributed by atoms with E-state index >= 15 is 0 Å². The predicted octanol–water partition coefficient (Wildman–Crippen LogP) is 1.82. The molecule has 17 heavy (non-hydrogen) atoms. The van der Waals surface area contributed by atoms with E-state index < -0.39 is 0 Å². The molecule has 0 rings (SSSR count). The van der Waals surface area contributed by atoms with Gasteiger partial charge in [-0.1, -0.05) is 13.8 Å². The fourth-order valence-corrected chi connectivity index (χ4v) is 1.75. The van der Waals surface area contributed by atoms with Gasteiger partial charge in [-0.15, -0.1) is 0 Å². The average Bonchev–Trinajstić information content (AvgIpc) is 2.38. The maximum Gasteiger partial charge on any atom is 0.0701 e. The molecule has 0 radical (unpaired) electrons. The summed E-state index contributed by atoms with van der Waals surface area (Å²) in [6.07, 6.45) is 3.27. The molecule has 104 valence electrons. The van der Waals surface area contributed by atoms with Crippen molar-refractivity contribution in [3.63, 3.8) is 0 Å². The van der Waals surface area contributed by atoms with Crippen molar-refractivity contribution in [2.24, 2.45) is 11.1 Å². The second kappa shape index (κ2) is 11.0. The van der Waals surface area contributed by atoms with Gasteiger partial charge in [0.25, 0.3) is 0 Å². The van der Waals surface area contributed by atoms with E-state index in [1.165, 1.54) is 0 Å². The molecule has 0 aliphatic heterocycles. The van der Waals surface area contributed by atoms with E-state index in [0.29, 0.717) is 26.4 Å². The van der Waals surface area contributed by atoms with Gasteiger partial charge >= 0.3 is 0 Å². The van der Waals surface area contributed by atoms with Gasteiger partial charge in [0.05, 0.1) is 26.4 Å². The normalized spacial score (nSPS) is 12.0. The van der Waals surface area contributed by atoms with Gasteiger partial charge in [-0.2, -0.15) is 0 Å². The molecule has 0 saturated heterocycles. The van der Waals surface area contributed by atoms with Gasteiger partial charge in [-0.05, 0) is 31.2 Å². The lowest BCUT2D eigenvalue weighted by Gasteiger charge is -2.29. The molecule has 0 amide bonds. The smallest absolute Gasteiger partial charge is 0.0701 e. The van der Waals surface area contributed by atoms with E-state index in [4.69, 9.17) is 19.9 Å². The summed E-state index contributed by atoms with van der Waals surface area (Å²) in [5.41, 5.74) is 6.09. The van der Waals surface area contributed by atoms with Crippen molar-refractivity contribution in [1.82, 2.24) is 0 Å². The Morgan fingerprint density at radius 3 is 1.88 bits per heavy atom. The third kappa shape index (κ3) is 7.71. The van der Waals surface area contributed by atoms with Crippen LogP contribution in [0.25, 0.3) is 0 Å². The van der Waals surface area contributed by atoms with Gasteiger partial charge in [-0.3, -0.25) is 0 Å². The van der Waals surface area contributed by atoms with Crippen LogP contribution in [-0.4, -0.2) is 46.7 Å². The highest BCUT2D eigenvalue weighted by molar-refractivity contribution is 4.77. The van der Waals surface area contributed by atoms with E-state index in [9.17, 15) is 0 Å². The van der Waals surface area contributed by atoms with Crippen LogP contribution in [0.4, 0.5) is 0 Å². The van der Waals surface area contributed by atoms with Crippen molar-refractivity contribution in [2.45, 2.75) is 33.1 Å². The van der Waals surface area contributed by atoms with Gasteiger partial charge in [0, 0.05) is 13.7 Å². The van der Waals surface area contributed by atoms with Crippen LogP contribution in [0.5, 0.6) is 0 Å². The molecule has 0 bridgehead atoms. The highest BCUT2D eigenvalue weighted by Gasteiger charge is 2.23. The van der Waals surface area contributed by atoms with Crippen LogP contribution in [0.3, 0.4) is 0 Å². The van der Waals surface area contributed by atoms with Crippen molar-refractivity contribution in [2.75, 3.05) is 46.7 Å². The number of rotatable bonds is 12. The maximum absolute atomic E-state index is 5.83. The average molecular weight is 247 g/mol. The highest BCUT2D eigenvalue weighted by Crippen LogP contribution is 2.28. The van der Waals surface area contributed by atoms with Crippen molar-refractivity contribution in [3.8, 4) is 0 Å². The summed E-state index contributed by atoms with van der Waals surface area (Å²) in [6, 6.07) is 0. The van der Waals surface area contributed by atoms with Crippen LogP contribution in [0, 0.1) is 5.41 Å². The molecule has 0 heterocycles. The summed E-state index contributed by atoms with van der Waals surface area (Å²) in [4.78, 5) is 0. The predicted molar refractivity (Wildman–Crippen MR) is 70.2 cm³/mol. The summed E-state index contributed by atoms with van der Waals surface area (Å²) in [5.74, 6) is 0. The Balaban J connectivity index is 3.43. The molecule has 0 aliphatic carbocycles. The first-order chi connectivity index (χ1) is 8.24. The topological polar surface area (TPSA) is 53.7 Å². The monoisotopic (exact) mass is 247 g/mol. The first kappa shape index (κ1) is 16.8. The molecule has 0 aromatic carbocycles. The lowest BCUT2D eigenvalue weighted by molar-refractivity contribution is 0.0162.